The largest absolute Gasteiger partial charge is 0.256 e. The lowest BCUT2D eigenvalue weighted by Gasteiger charge is -2.22. The Kier molecular flexibility index (Phi) is 7.14. The van der Waals surface area contributed by atoms with Crippen molar-refractivity contribution in [1.82, 2.24) is 8.02 Å². The van der Waals surface area contributed by atoms with Gasteiger partial charge in [0.25, 0.3) is 20.0 Å². The summed E-state index contributed by atoms with van der Waals surface area (Å²) in [5.74, 6) is 0. The molecule has 0 saturated carbocycles. The Morgan fingerprint density at radius 2 is 1.39 bits per heavy atom. The van der Waals surface area contributed by atoms with Gasteiger partial charge < -0.3 is 0 Å². The molecule has 0 aromatic heterocycles. The van der Waals surface area contributed by atoms with Crippen LogP contribution < -0.4 is 0 Å². The standard InChI is InChI=1S/C19H23ClN2O6S3/c1-2-12-22(31(27,28)19-7-5-6-16(20)15-19)30(25,26)18-10-8-17(9-11-18)29(23,24)21-13-3-4-14-21/h5-11,15H,2-4,12-14H2,1H3. The second-order valence-electron chi connectivity index (χ2n) is 7.05. The third kappa shape index (κ3) is 4.81. The molecule has 0 bridgehead atoms. The number of rotatable bonds is 8. The van der Waals surface area contributed by atoms with Crippen molar-refractivity contribution in [2.24, 2.45) is 0 Å². The van der Waals surface area contributed by atoms with Gasteiger partial charge in [-0.3, -0.25) is 0 Å². The maximum absolute atomic E-state index is 13.2. The third-order valence-electron chi connectivity index (χ3n) is 4.86. The number of hydrogen-bond donors (Lipinski definition) is 0. The molecule has 2 aromatic carbocycles. The Bertz CT molecular complexity index is 1250. The summed E-state index contributed by atoms with van der Waals surface area (Å²) in [4.78, 5) is -0.592. The van der Waals surface area contributed by atoms with Crippen molar-refractivity contribution >= 4 is 41.7 Å². The van der Waals surface area contributed by atoms with Crippen LogP contribution >= 0.6 is 11.6 Å². The van der Waals surface area contributed by atoms with Gasteiger partial charge in [-0.25, -0.2) is 25.3 Å². The Morgan fingerprint density at radius 3 is 1.94 bits per heavy atom. The minimum Gasteiger partial charge on any atom is -0.207 e. The Labute approximate surface area is 188 Å². The molecule has 2 aromatic rings. The van der Waals surface area contributed by atoms with Crippen LogP contribution in [-0.2, 0) is 30.1 Å². The van der Waals surface area contributed by atoms with Gasteiger partial charge in [0.05, 0.1) is 14.7 Å². The molecule has 0 spiro atoms. The van der Waals surface area contributed by atoms with E-state index < -0.39 is 30.1 Å². The van der Waals surface area contributed by atoms with Crippen molar-refractivity contribution in [3.05, 3.63) is 53.6 Å². The van der Waals surface area contributed by atoms with Gasteiger partial charge in [0.1, 0.15) is 0 Å². The zero-order chi connectivity index (χ0) is 22.9. The lowest BCUT2D eigenvalue weighted by Crippen LogP contribution is -2.37. The number of nitrogens with zero attached hydrogens (tertiary/aromatic N) is 2. The highest BCUT2D eigenvalue weighted by Gasteiger charge is 2.36. The third-order valence-corrected chi connectivity index (χ3v) is 11.3. The molecule has 0 unspecified atom stereocenters. The second kappa shape index (κ2) is 9.16. The molecule has 1 aliphatic rings. The summed E-state index contributed by atoms with van der Waals surface area (Å²) in [6.07, 6.45) is 1.80. The van der Waals surface area contributed by atoms with E-state index in [1.54, 1.807) is 6.92 Å². The van der Waals surface area contributed by atoms with Crippen molar-refractivity contribution in [2.45, 2.75) is 40.9 Å². The number of benzene rings is 2. The molecule has 0 atom stereocenters. The first kappa shape index (κ1) is 24.1. The van der Waals surface area contributed by atoms with Crippen molar-refractivity contribution in [3.8, 4) is 0 Å². The van der Waals surface area contributed by atoms with E-state index in [-0.39, 0.29) is 32.7 Å². The summed E-state index contributed by atoms with van der Waals surface area (Å²) in [5.41, 5.74) is 0. The molecule has 0 N–H and O–H groups in total. The molecule has 0 amide bonds. The molecule has 0 aliphatic carbocycles. The van der Waals surface area contributed by atoms with Gasteiger partial charge in [-0.2, -0.15) is 4.31 Å². The summed E-state index contributed by atoms with van der Waals surface area (Å²) in [7, 11) is -12.6. The van der Waals surface area contributed by atoms with Gasteiger partial charge in [-0.05, 0) is 61.7 Å². The van der Waals surface area contributed by atoms with Crippen LogP contribution in [0.4, 0.5) is 0 Å². The summed E-state index contributed by atoms with van der Waals surface area (Å²) in [5, 5.41) is 0.159. The molecule has 8 nitrogen and oxygen atoms in total. The minimum absolute atomic E-state index is 0.0342. The van der Waals surface area contributed by atoms with Crippen LogP contribution in [0.2, 0.25) is 5.02 Å². The quantitative estimate of drug-likeness (QED) is 0.544. The average Bonchev–Trinajstić information content (AvgIpc) is 3.27. The second-order valence-corrected chi connectivity index (χ2v) is 13.4. The van der Waals surface area contributed by atoms with Crippen molar-refractivity contribution in [3.63, 3.8) is 0 Å². The summed E-state index contributed by atoms with van der Waals surface area (Å²) < 4.78 is 79.7. The van der Waals surface area contributed by atoms with E-state index in [0.29, 0.717) is 16.8 Å². The fraction of sp³-hybridized carbons (Fsp3) is 0.368. The van der Waals surface area contributed by atoms with E-state index >= 15 is 0 Å². The average molecular weight is 507 g/mol. The highest BCUT2D eigenvalue weighted by atomic mass is 35.5. The fourth-order valence-electron chi connectivity index (χ4n) is 3.28. The molecule has 0 radical (unpaired) electrons. The molecule has 1 heterocycles. The molecular formula is C19H23ClN2O6S3. The smallest absolute Gasteiger partial charge is 0.207 e. The van der Waals surface area contributed by atoms with Crippen LogP contribution in [0.15, 0.2) is 63.2 Å². The predicted octanol–water partition coefficient (Wildman–Crippen LogP) is 2.91. The first-order valence-electron chi connectivity index (χ1n) is 9.65. The molecule has 170 valence electrons. The molecule has 1 saturated heterocycles. The van der Waals surface area contributed by atoms with Gasteiger partial charge in [0, 0.05) is 24.7 Å². The zero-order valence-electron chi connectivity index (χ0n) is 16.8. The van der Waals surface area contributed by atoms with Gasteiger partial charge >= 0.3 is 0 Å². The molecule has 1 fully saturated rings. The first-order valence-corrected chi connectivity index (χ1v) is 14.3. The topological polar surface area (TPSA) is 109 Å². The van der Waals surface area contributed by atoms with Crippen LogP contribution in [0.25, 0.3) is 0 Å². The van der Waals surface area contributed by atoms with Crippen LogP contribution in [-0.4, -0.2) is 52.9 Å². The molecule has 3 rings (SSSR count). The van der Waals surface area contributed by atoms with E-state index in [1.165, 1.54) is 40.7 Å². The minimum atomic E-state index is -4.47. The highest BCUT2D eigenvalue weighted by molar-refractivity contribution is 8.04. The SMILES string of the molecule is CCCN(S(=O)(=O)c1ccc(S(=O)(=O)N2CCCC2)cc1)S(=O)(=O)c1cccc(Cl)c1. The Hall–Kier alpha value is -1.50. The summed E-state index contributed by atoms with van der Waals surface area (Å²) >= 11 is 5.88. The van der Waals surface area contributed by atoms with E-state index in [9.17, 15) is 25.3 Å². The lowest BCUT2D eigenvalue weighted by atomic mass is 10.4. The van der Waals surface area contributed by atoms with Crippen LogP contribution in [0, 0.1) is 0 Å². The van der Waals surface area contributed by atoms with Crippen LogP contribution in [0.1, 0.15) is 26.2 Å². The van der Waals surface area contributed by atoms with Gasteiger partial charge in [0.2, 0.25) is 10.0 Å². The van der Waals surface area contributed by atoms with Gasteiger partial charge in [0.15, 0.2) is 0 Å². The number of hydrogen-bond acceptors (Lipinski definition) is 6. The van der Waals surface area contributed by atoms with Crippen molar-refractivity contribution in [2.75, 3.05) is 19.6 Å². The van der Waals surface area contributed by atoms with Crippen LogP contribution in [0.3, 0.4) is 0 Å². The summed E-state index contributed by atoms with van der Waals surface area (Å²) in [6.45, 7) is 2.22. The maximum atomic E-state index is 13.2. The monoisotopic (exact) mass is 506 g/mol. The highest BCUT2D eigenvalue weighted by Crippen LogP contribution is 2.28. The predicted molar refractivity (Wildman–Crippen MR) is 117 cm³/mol. The summed E-state index contributed by atoms with van der Waals surface area (Å²) in [6, 6.07) is 9.98. The van der Waals surface area contributed by atoms with E-state index in [1.807, 2.05) is 0 Å². The first-order chi connectivity index (χ1) is 14.5. The van der Waals surface area contributed by atoms with E-state index in [4.69, 9.17) is 11.6 Å². The number of halogens is 1. The van der Waals surface area contributed by atoms with Gasteiger partial charge in [-0.15, -0.1) is 0 Å². The van der Waals surface area contributed by atoms with Crippen molar-refractivity contribution in [1.29, 1.82) is 0 Å². The number of sulfonamides is 3. The van der Waals surface area contributed by atoms with Crippen LogP contribution in [0.5, 0.6) is 0 Å². The molecule has 1 aliphatic heterocycles. The molecule has 12 heteroatoms. The van der Waals surface area contributed by atoms with Gasteiger partial charge in [-0.1, -0.05) is 28.3 Å². The molecular weight excluding hydrogens is 484 g/mol. The Morgan fingerprint density at radius 1 is 0.839 bits per heavy atom. The zero-order valence-corrected chi connectivity index (χ0v) is 20.0. The van der Waals surface area contributed by atoms with Crippen molar-refractivity contribution < 1.29 is 25.3 Å². The van der Waals surface area contributed by atoms with E-state index in [2.05, 4.69) is 0 Å². The molecule has 31 heavy (non-hydrogen) atoms. The normalized spacial score (nSPS) is 16.1. The lowest BCUT2D eigenvalue weighted by molar-refractivity contribution is 0.477. The van der Waals surface area contributed by atoms with E-state index in [0.717, 1.165) is 25.0 Å². The Balaban J connectivity index is 1.99. The fourth-order valence-corrected chi connectivity index (χ4v) is 8.92. The maximum Gasteiger partial charge on any atom is 0.256 e.